The third-order valence-corrected chi connectivity index (χ3v) is 5.55. The van der Waals surface area contributed by atoms with Gasteiger partial charge in [0.05, 0.1) is 24.2 Å². The number of fused-ring (bicyclic) bond motifs is 1. The summed E-state index contributed by atoms with van der Waals surface area (Å²) in [5, 5.41) is 4.17. The molecule has 1 aliphatic heterocycles. The second-order valence-electron chi connectivity index (χ2n) is 7.39. The van der Waals surface area contributed by atoms with Crippen molar-refractivity contribution in [1.82, 2.24) is 14.5 Å². The highest BCUT2D eigenvalue weighted by Crippen LogP contribution is 2.26. The first-order valence-electron chi connectivity index (χ1n) is 10.1. The molecule has 0 radical (unpaired) electrons. The Morgan fingerprint density at radius 2 is 1.97 bits per heavy atom. The van der Waals surface area contributed by atoms with Crippen LogP contribution in [0.2, 0.25) is 5.02 Å². The molecule has 1 aliphatic rings. The van der Waals surface area contributed by atoms with Crippen LogP contribution in [0.15, 0.2) is 42.5 Å². The van der Waals surface area contributed by atoms with E-state index in [1.54, 1.807) is 17.0 Å². The van der Waals surface area contributed by atoms with Crippen LogP contribution < -0.4 is 5.32 Å². The summed E-state index contributed by atoms with van der Waals surface area (Å²) in [6, 6.07) is 12.3. The molecule has 1 N–H and O–H groups in total. The van der Waals surface area contributed by atoms with Gasteiger partial charge in [-0.25, -0.2) is 14.2 Å². The Bertz CT molecular complexity index is 1030. The quantitative estimate of drug-likeness (QED) is 0.624. The second kappa shape index (κ2) is 8.92. The number of halogens is 2. The van der Waals surface area contributed by atoms with E-state index in [2.05, 4.69) is 9.88 Å². The summed E-state index contributed by atoms with van der Waals surface area (Å²) in [5.41, 5.74) is 2.73. The first-order valence-corrected chi connectivity index (χ1v) is 10.5. The molecule has 0 aliphatic carbocycles. The van der Waals surface area contributed by atoms with Gasteiger partial charge in [-0.3, -0.25) is 0 Å². The van der Waals surface area contributed by atoms with E-state index in [0.29, 0.717) is 31.3 Å². The highest BCUT2D eigenvalue weighted by atomic mass is 35.5. The van der Waals surface area contributed by atoms with E-state index in [9.17, 15) is 9.18 Å². The number of carbonyl (C=O) groups excluding carboxylic acids is 1. The van der Waals surface area contributed by atoms with Crippen LogP contribution in [-0.4, -0.2) is 46.3 Å². The average molecular weight is 431 g/mol. The number of imidazole rings is 1. The average Bonchev–Trinajstić information content (AvgIpc) is 3.06. The molecule has 1 aromatic heterocycles. The Hall–Kier alpha value is -2.80. The maximum absolute atomic E-state index is 13.3. The Labute approximate surface area is 179 Å². The number of amides is 1. The van der Waals surface area contributed by atoms with Crippen molar-refractivity contribution in [3.05, 3.63) is 58.9 Å². The van der Waals surface area contributed by atoms with Crippen molar-refractivity contribution in [2.24, 2.45) is 0 Å². The summed E-state index contributed by atoms with van der Waals surface area (Å²) in [4.78, 5) is 18.4. The molecule has 0 bridgehead atoms. The molecule has 1 fully saturated rings. The van der Waals surface area contributed by atoms with Crippen LogP contribution in [0.3, 0.4) is 0 Å². The van der Waals surface area contributed by atoms with Crippen LogP contribution in [0.4, 0.5) is 15.1 Å². The van der Waals surface area contributed by atoms with Gasteiger partial charge in [-0.05, 0) is 55.7 Å². The zero-order valence-electron chi connectivity index (χ0n) is 16.8. The van der Waals surface area contributed by atoms with Crippen molar-refractivity contribution >= 4 is 34.7 Å². The number of hydrogen-bond acceptors (Lipinski definition) is 4. The normalized spacial score (nSPS) is 14.8. The SMILES string of the molecule is CCOC(=O)N1CCC(Nc2nc3cc(Cl)ccc3n2Cc2ccc(F)cc2)CC1. The van der Waals surface area contributed by atoms with Crippen LogP contribution in [0.1, 0.15) is 25.3 Å². The van der Waals surface area contributed by atoms with Crippen LogP contribution in [0, 0.1) is 5.82 Å². The van der Waals surface area contributed by atoms with Crippen molar-refractivity contribution in [3.8, 4) is 0 Å². The summed E-state index contributed by atoms with van der Waals surface area (Å²) in [7, 11) is 0. The predicted molar refractivity (Wildman–Crippen MR) is 115 cm³/mol. The number of piperidine rings is 1. The Kier molecular flexibility index (Phi) is 6.08. The number of rotatable bonds is 5. The molecule has 158 valence electrons. The van der Waals surface area contributed by atoms with Crippen LogP contribution in [0.25, 0.3) is 11.0 Å². The third kappa shape index (κ3) is 4.51. The molecule has 0 atom stereocenters. The molecular formula is C22H24ClFN4O2. The van der Waals surface area contributed by atoms with E-state index in [4.69, 9.17) is 21.3 Å². The van der Waals surface area contributed by atoms with Crippen LogP contribution in [-0.2, 0) is 11.3 Å². The summed E-state index contributed by atoms with van der Waals surface area (Å²) in [6.45, 7) is 4.03. The number of carbonyl (C=O) groups is 1. The number of hydrogen-bond donors (Lipinski definition) is 1. The zero-order chi connectivity index (χ0) is 21.1. The Morgan fingerprint density at radius 1 is 1.23 bits per heavy atom. The minimum absolute atomic E-state index is 0.190. The first kappa shape index (κ1) is 20.5. The fourth-order valence-electron chi connectivity index (χ4n) is 3.75. The topological polar surface area (TPSA) is 59.4 Å². The van der Waals surface area contributed by atoms with Crippen molar-refractivity contribution < 1.29 is 13.9 Å². The summed E-state index contributed by atoms with van der Waals surface area (Å²) in [6.07, 6.45) is 1.35. The zero-order valence-corrected chi connectivity index (χ0v) is 17.5. The fraction of sp³-hybridized carbons (Fsp3) is 0.364. The molecule has 30 heavy (non-hydrogen) atoms. The van der Waals surface area contributed by atoms with Crippen molar-refractivity contribution in [2.45, 2.75) is 32.4 Å². The number of anilines is 1. The highest BCUT2D eigenvalue weighted by molar-refractivity contribution is 6.31. The number of nitrogens with one attached hydrogen (secondary N) is 1. The summed E-state index contributed by atoms with van der Waals surface area (Å²) < 4.78 is 20.5. The van der Waals surface area contributed by atoms with Crippen LogP contribution >= 0.6 is 11.6 Å². The van der Waals surface area contributed by atoms with Gasteiger partial charge < -0.3 is 19.5 Å². The minimum Gasteiger partial charge on any atom is -0.450 e. The van der Waals surface area contributed by atoms with E-state index in [-0.39, 0.29) is 18.0 Å². The number of likely N-dealkylation sites (tertiary alicyclic amines) is 1. The van der Waals surface area contributed by atoms with E-state index in [1.807, 2.05) is 25.1 Å². The van der Waals surface area contributed by atoms with Gasteiger partial charge in [0.1, 0.15) is 5.82 Å². The highest BCUT2D eigenvalue weighted by Gasteiger charge is 2.25. The first-order chi connectivity index (χ1) is 14.5. The largest absolute Gasteiger partial charge is 0.450 e. The van der Waals surface area contributed by atoms with Gasteiger partial charge in [0, 0.05) is 24.2 Å². The number of aromatic nitrogens is 2. The third-order valence-electron chi connectivity index (χ3n) is 5.32. The van der Waals surface area contributed by atoms with E-state index in [1.165, 1.54) is 12.1 Å². The Morgan fingerprint density at radius 3 is 2.67 bits per heavy atom. The predicted octanol–water partition coefficient (Wildman–Crippen LogP) is 4.91. The second-order valence-corrected chi connectivity index (χ2v) is 7.82. The Balaban J connectivity index is 1.54. The van der Waals surface area contributed by atoms with Gasteiger partial charge in [0.25, 0.3) is 0 Å². The molecular weight excluding hydrogens is 407 g/mol. The van der Waals surface area contributed by atoms with Crippen molar-refractivity contribution in [2.75, 3.05) is 25.0 Å². The van der Waals surface area contributed by atoms with Gasteiger partial charge in [-0.15, -0.1) is 0 Å². The molecule has 4 rings (SSSR count). The van der Waals surface area contributed by atoms with E-state index >= 15 is 0 Å². The molecule has 6 nitrogen and oxygen atoms in total. The summed E-state index contributed by atoms with van der Waals surface area (Å²) >= 11 is 6.16. The minimum atomic E-state index is -0.257. The molecule has 0 spiro atoms. The van der Waals surface area contributed by atoms with Gasteiger partial charge >= 0.3 is 6.09 Å². The summed E-state index contributed by atoms with van der Waals surface area (Å²) in [5.74, 6) is 0.485. The number of benzene rings is 2. The van der Waals surface area contributed by atoms with Gasteiger partial charge in [-0.2, -0.15) is 0 Å². The lowest BCUT2D eigenvalue weighted by Crippen LogP contribution is -2.42. The van der Waals surface area contributed by atoms with Crippen molar-refractivity contribution in [1.29, 1.82) is 0 Å². The standard InChI is InChI=1S/C22H24ClFN4O2/c1-2-30-22(29)27-11-9-18(10-12-27)25-21-26-19-13-16(23)5-8-20(19)28(21)14-15-3-6-17(24)7-4-15/h3-8,13,18H,2,9-12,14H2,1H3,(H,25,26). The maximum atomic E-state index is 13.3. The van der Waals surface area contributed by atoms with Gasteiger partial charge in [0.2, 0.25) is 5.95 Å². The van der Waals surface area contributed by atoms with Gasteiger partial charge in [-0.1, -0.05) is 23.7 Å². The lowest BCUT2D eigenvalue weighted by atomic mass is 10.1. The lowest BCUT2D eigenvalue weighted by Gasteiger charge is -2.32. The maximum Gasteiger partial charge on any atom is 0.409 e. The van der Waals surface area contributed by atoms with E-state index < -0.39 is 0 Å². The molecule has 2 aromatic carbocycles. The smallest absolute Gasteiger partial charge is 0.409 e. The molecule has 1 amide bonds. The molecule has 0 unspecified atom stereocenters. The molecule has 3 aromatic rings. The number of nitrogens with zero attached hydrogens (tertiary/aromatic N) is 3. The number of ether oxygens (including phenoxy) is 1. The van der Waals surface area contributed by atoms with Gasteiger partial charge in [0.15, 0.2) is 0 Å². The van der Waals surface area contributed by atoms with Crippen LogP contribution in [0.5, 0.6) is 0 Å². The molecule has 8 heteroatoms. The monoisotopic (exact) mass is 430 g/mol. The molecule has 1 saturated heterocycles. The molecule has 0 saturated carbocycles. The van der Waals surface area contributed by atoms with Crippen molar-refractivity contribution in [3.63, 3.8) is 0 Å². The molecule has 2 heterocycles. The lowest BCUT2D eigenvalue weighted by molar-refractivity contribution is 0.0983. The fourth-order valence-corrected chi connectivity index (χ4v) is 3.92. The van der Waals surface area contributed by atoms with E-state index in [0.717, 1.165) is 35.4 Å².